The van der Waals surface area contributed by atoms with E-state index in [1.807, 2.05) is 43.4 Å². The molecule has 5 heteroatoms. The molecular formula is C14H22O4Si. The molecule has 1 rings (SSSR count). The molecule has 1 aromatic carbocycles. The lowest BCUT2D eigenvalue weighted by Gasteiger charge is -2.23. The van der Waals surface area contributed by atoms with E-state index < -0.39 is 8.56 Å². The first-order valence-corrected chi connectivity index (χ1v) is 9.33. The van der Waals surface area contributed by atoms with Gasteiger partial charge in [-0.05, 0) is 38.1 Å². The van der Waals surface area contributed by atoms with Crippen molar-refractivity contribution in [3.63, 3.8) is 0 Å². The van der Waals surface area contributed by atoms with E-state index in [9.17, 15) is 4.79 Å². The van der Waals surface area contributed by atoms with Gasteiger partial charge in [-0.15, -0.1) is 0 Å². The van der Waals surface area contributed by atoms with Gasteiger partial charge in [0.1, 0.15) is 5.75 Å². The summed E-state index contributed by atoms with van der Waals surface area (Å²) in [4.78, 5) is 10.6. The predicted molar refractivity (Wildman–Crippen MR) is 76.4 cm³/mol. The fourth-order valence-electron chi connectivity index (χ4n) is 1.54. The third-order valence-electron chi connectivity index (χ3n) is 2.40. The number of ether oxygens (including phenoxy) is 1. The Balaban J connectivity index is 2.18. The Morgan fingerprint density at radius 1 is 1.11 bits per heavy atom. The molecule has 0 bridgehead atoms. The highest BCUT2D eigenvalue weighted by molar-refractivity contribution is 6.65. The fourth-order valence-corrected chi connectivity index (χ4v) is 2.94. The van der Waals surface area contributed by atoms with E-state index in [0.717, 1.165) is 18.6 Å². The smallest absolute Gasteiger partial charge is 0.392 e. The van der Waals surface area contributed by atoms with E-state index in [4.69, 9.17) is 13.6 Å². The number of unbranched alkanes of at least 4 members (excludes halogenated alkanes) is 1. The highest BCUT2D eigenvalue weighted by atomic mass is 28.4. The molecule has 0 aromatic heterocycles. The Bertz CT molecular complexity index is 378. The largest absolute Gasteiger partial charge is 0.520 e. The Hall–Kier alpha value is -1.33. The van der Waals surface area contributed by atoms with Crippen LogP contribution in [0.1, 0.15) is 19.8 Å². The molecule has 106 valence electrons. The second-order valence-corrected chi connectivity index (χ2v) is 8.00. The van der Waals surface area contributed by atoms with Crippen molar-refractivity contribution in [2.45, 2.75) is 32.9 Å². The second-order valence-electron chi connectivity index (χ2n) is 4.71. The zero-order chi connectivity index (χ0) is 14.1. The summed E-state index contributed by atoms with van der Waals surface area (Å²) in [7, 11) is -2.13. The van der Waals surface area contributed by atoms with Gasteiger partial charge < -0.3 is 13.6 Å². The van der Waals surface area contributed by atoms with Crippen molar-refractivity contribution >= 4 is 14.5 Å². The van der Waals surface area contributed by atoms with Gasteiger partial charge in [-0.2, -0.15) is 0 Å². The minimum atomic E-state index is -2.13. The molecule has 0 fully saturated rings. The van der Waals surface area contributed by atoms with Crippen LogP contribution in [0.15, 0.2) is 30.3 Å². The lowest BCUT2D eigenvalue weighted by Crippen LogP contribution is -2.38. The molecular weight excluding hydrogens is 260 g/mol. The van der Waals surface area contributed by atoms with Gasteiger partial charge in [-0.25, -0.2) is 0 Å². The maximum atomic E-state index is 10.6. The molecule has 1 aromatic rings. The normalized spacial score (nSPS) is 11.1. The van der Waals surface area contributed by atoms with Gasteiger partial charge in [-0.3, -0.25) is 4.79 Å². The van der Waals surface area contributed by atoms with Crippen LogP contribution in [0, 0.1) is 0 Å². The number of carbonyl (C=O) groups excluding carboxylic acids is 1. The highest BCUT2D eigenvalue weighted by Gasteiger charge is 2.26. The maximum absolute atomic E-state index is 10.6. The SMILES string of the molecule is CC(=O)OCCCCO[Si](C)(C)Oc1ccccc1. The van der Waals surface area contributed by atoms with Gasteiger partial charge >= 0.3 is 14.5 Å². The Morgan fingerprint density at radius 3 is 2.37 bits per heavy atom. The molecule has 0 saturated carbocycles. The van der Waals surface area contributed by atoms with E-state index in [1.54, 1.807) is 0 Å². The van der Waals surface area contributed by atoms with Crippen LogP contribution in [0.4, 0.5) is 0 Å². The Labute approximate surface area is 115 Å². The van der Waals surface area contributed by atoms with Crippen molar-refractivity contribution in [3.05, 3.63) is 30.3 Å². The fraction of sp³-hybridized carbons (Fsp3) is 0.500. The molecule has 0 spiro atoms. The molecule has 0 amide bonds. The van der Waals surface area contributed by atoms with Gasteiger partial charge in [0.2, 0.25) is 0 Å². The van der Waals surface area contributed by atoms with Crippen LogP contribution in [0.2, 0.25) is 13.1 Å². The van der Waals surface area contributed by atoms with Gasteiger partial charge in [0.15, 0.2) is 0 Å². The summed E-state index contributed by atoms with van der Waals surface area (Å²) in [5, 5.41) is 0. The van der Waals surface area contributed by atoms with Crippen molar-refractivity contribution in [3.8, 4) is 5.75 Å². The topological polar surface area (TPSA) is 44.8 Å². The molecule has 0 unspecified atom stereocenters. The summed E-state index contributed by atoms with van der Waals surface area (Å²) in [6.07, 6.45) is 1.68. The van der Waals surface area contributed by atoms with Crippen LogP contribution in [0.25, 0.3) is 0 Å². The summed E-state index contributed by atoms with van der Waals surface area (Å²) in [6, 6.07) is 9.70. The molecule has 0 radical (unpaired) electrons. The van der Waals surface area contributed by atoms with Crippen LogP contribution >= 0.6 is 0 Å². The monoisotopic (exact) mass is 282 g/mol. The first-order valence-electron chi connectivity index (χ1n) is 6.51. The third kappa shape index (κ3) is 7.64. The number of rotatable bonds is 8. The number of benzene rings is 1. The molecule has 4 nitrogen and oxygen atoms in total. The number of hydrogen-bond acceptors (Lipinski definition) is 4. The van der Waals surface area contributed by atoms with Crippen LogP contribution in [-0.2, 0) is 14.0 Å². The number of carbonyl (C=O) groups is 1. The zero-order valence-corrected chi connectivity index (χ0v) is 12.8. The average Bonchev–Trinajstić information content (AvgIpc) is 2.34. The van der Waals surface area contributed by atoms with Crippen molar-refractivity contribution in [2.75, 3.05) is 13.2 Å². The van der Waals surface area contributed by atoms with Crippen molar-refractivity contribution in [2.24, 2.45) is 0 Å². The minimum absolute atomic E-state index is 0.233. The molecule has 0 heterocycles. The van der Waals surface area contributed by atoms with Crippen molar-refractivity contribution < 1.29 is 18.4 Å². The van der Waals surface area contributed by atoms with Crippen molar-refractivity contribution in [1.29, 1.82) is 0 Å². The first-order chi connectivity index (χ1) is 8.99. The second kappa shape index (κ2) is 7.96. The molecule has 0 aliphatic rings. The summed E-state index contributed by atoms with van der Waals surface area (Å²) in [5.74, 6) is 0.613. The molecule has 0 atom stereocenters. The van der Waals surface area contributed by atoms with E-state index >= 15 is 0 Å². The number of para-hydroxylation sites is 1. The molecule has 0 aliphatic carbocycles. The summed E-state index contributed by atoms with van der Waals surface area (Å²) >= 11 is 0. The quantitative estimate of drug-likeness (QED) is 0.417. The predicted octanol–water partition coefficient (Wildman–Crippen LogP) is 3.13. The number of hydrogen-bond donors (Lipinski definition) is 0. The Morgan fingerprint density at radius 2 is 1.74 bits per heavy atom. The summed E-state index contributed by atoms with van der Waals surface area (Å²) < 4.78 is 16.5. The summed E-state index contributed by atoms with van der Waals surface area (Å²) in [6.45, 7) is 6.55. The van der Waals surface area contributed by atoms with Crippen LogP contribution in [0.5, 0.6) is 5.75 Å². The molecule has 0 N–H and O–H groups in total. The number of esters is 1. The van der Waals surface area contributed by atoms with Gasteiger partial charge in [0.25, 0.3) is 0 Å². The van der Waals surface area contributed by atoms with E-state index in [2.05, 4.69) is 0 Å². The maximum Gasteiger partial charge on any atom is 0.392 e. The highest BCUT2D eigenvalue weighted by Crippen LogP contribution is 2.16. The summed E-state index contributed by atoms with van der Waals surface area (Å²) in [5.41, 5.74) is 0. The van der Waals surface area contributed by atoms with Crippen LogP contribution in [0.3, 0.4) is 0 Å². The Kier molecular flexibility index (Phi) is 6.59. The molecule has 0 saturated heterocycles. The lowest BCUT2D eigenvalue weighted by molar-refractivity contribution is -0.141. The van der Waals surface area contributed by atoms with Crippen molar-refractivity contribution in [1.82, 2.24) is 0 Å². The van der Waals surface area contributed by atoms with Gasteiger partial charge in [-0.1, -0.05) is 18.2 Å². The first kappa shape index (κ1) is 15.7. The standard InChI is InChI=1S/C14H22O4Si/c1-13(15)16-11-7-8-12-17-19(2,3)18-14-9-5-4-6-10-14/h4-6,9-10H,7-8,11-12H2,1-3H3. The van der Waals surface area contributed by atoms with Gasteiger partial charge in [0, 0.05) is 13.5 Å². The minimum Gasteiger partial charge on any atom is -0.520 e. The van der Waals surface area contributed by atoms with E-state index in [0.29, 0.717) is 13.2 Å². The van der Waals surface area contributed by atoms with Crippen LogP contribution < -0.4 is 4.43 Å². The molecule has 0 aliphatic heterocycles. The lowest BCUT2D eigenvalue weighted by atomic mass is 10.3. The molecule has 19 heavy (non-hydrogen) atoms. The zero-order valence-electron chi connectivity index (χ0n) is 11.8. The van der Waals surface area contributed by atoms with Gasteiger partial charge in [0.05, 0.1) is 6.61 Å². The van der Waals surface area contributed by atoms with Crippen LogP contribution in [-0.4, -0.2) is 27.7 Å². The van der Waals surface area contributed by atoms with E-state index in [1.165, 1.54) is 6.92 Å². The van der Waals surface area contributed by atoms with E-state index in [-0.39, 0.29) is 5.97 Å². The third-order valence-corrected chi connectivity index (χ3v) is 4.03. The average molecular weight is 282 g/mol.